The zero-order chi connectivity index (χ0) is 43.0. The molecule has 4 nitrogen and oxygen atoms in total. The Bertz CT molecular complexity index is 3400. The average Bonchev–Trinajstić information content (AvgIpc) is 3.77. The maximum absolute atomic E-state index is 15.6. The van der Waals surface area contributed by atoms with Gasteiger partial charge in [0.25, 0.3) is 0 Å². The summed E-state index contributed by atoms with van der Waals surface area (Å²) < 4.78 is 50.8. The number of nitrogens with zero attached hydrogens (tertiary/aromatic N) is 4. The van der Waals surface area contributed by atoms with E-state index in [1.165, 1.54) is 12.1 Å². The molecule has 0 saturated heterocycles. The van der Waals surface area contributed by atoms with Crippen molar-refractivity contribution in [3.63, 3.8) is 0 Å². The zero-order valence-corrected chi connectivity index (χ0v) is 34.4. The number of nitriles is 1. The lowest BCUT2D eigenvalue weighted by Gasteiger charge is -2.24. The number of para-hydroxylation sites is 2. The Morgan fingerprint density at radius 2 is 1.00 bits per heavy atom. The van der Waals surface area contributed by atoms with Crippen LogP contribution in [0.5, 0.6) is 0 Å². The van der Waals surface area contributed by atoms with Crippen molar-refractivity contribution in [1.29, 1.82) is 5.26 Å². The second-order valence-electron chi connectivity index (χ2n) is 16.1. The quantitative estimate of drug-likeness (QED) is 0.160. The normalized spacial score (nSPS) is 11.8. The van der Waals surface area contributed by atoms with Gasteiger partial charge in [-0.1, -0.05) is 126 Å². The van der Waals surface area contributed by atoms with Gasteiger partial charge in [-0.3, -0.25) is 0 Å². The molecule has 0 bridgehead atoms. The molecule has 0 amide bonds. The van der Waals surface area contributed by atoms with E-state index in [4.69, 9.17) is 6.57 Å². The van der Waals surface area contributed by atoms with Crippen molar-refractivity contribution < 1.29 is 13.2 Å². The topological polar surface area (TPSA) is 38.0 Å². The Balaban J connectivity index is 1.42. The van der Waals surface area contributed by atoms with E-state index in [-0.39, 0.29) is 22.4 Å². The van der Waals surface area contributed by atoms with Gasteiger partial charge in [-0.2, -0.15) is 18.4 Å². The summed E-state index contributed by atoms with van der Waals surface area (Å²) >= 11 is 0. The Morgan fingerprint density at radius 3 is 1.45 bits per heavy atom. The van der Waals surface area contributed by atoms with E-state index in [0.29, 0.717) is 11.4 Å². The number of benzene rings is 8. The number of aromatic nitrogens is 2. The fourth-order valence-electron chi connectivity index (χ4n) is 9.49. The van der Waals surface area contributed by atoms with Crippen molar-refractivity contribution in [2.24, 2.45) is 0 Å². The molecule has 2 aromatic heterocycles. The van der Waals surface area contributed by atoms with E-state index in [1.807, 2.05) is 57.7 Å². The lowest BCUT2D eigenvalue weighted by molar-refractivity contribution is -0.137. The van der Waals surface area contributed by atoms with Crippen molar-refractivity contribution in [1.82, 2.24) is 9.13 Å². The molecule has 0 aliphatic heterocycles. The Morgan fingerprint density at radius 1 is 0.516 bits per heavy atom. The first-order valence-electron chi connectivity index (χ1n) is 20.3. The van der Waals surface area contributed by atoms with Crippen LogP contribution in [0.3, 0.4) is 0 Å². The molecule has 0 fully saturated rings. The third kappa shape index (κ3) is 6.05. The first kappa shape index (κ1) is 38.3. The summed E-state index contributed by atoms with van der Waals surface area (Å²) in [7, 11) is 0. The Labute approximate surface area is 356 Å². The summed E-state index contributed by atoms with van der Waals surface area (Å²) in [5.74, 6) is 0. The Hall–Kier alpha value is -7.87. The van der Waals surface area contributed by atoms with Gasteiger partial charge < -0.3 is 9.13 Å². The second-order valence-corrected chi connectivity index (χ2v) is 16.1. The van der Waals surface area contributed by atoms with Crippen molar-refractivity contribution in [3.8, 4) is 50.8 Å². The summed E-state index contributed by atoms with van der Waals surface area (Å²) in [5, 5.41) is 14.5. The molecule has 298 valence electrons. The van der Waals surface area contributed by atoms with Crippen LogP contribution in [0.25, 0.3) is 93.2 Å². The minimum atomic E-state index is -4.83. The first-order valence-corrected chi connectivity index (χ1v) is 20.3. The number of halogens is 3. The molecule has 0 radical (unpaired) electrons. The zero-order valence-electron chi connectivity index (χ0n) is 34.4. The monoisotopic (exact) mass is 810 g/mol. The summed E-state index contributed by atoms with van der Waals surface area (Å²) in [6.07, 6.45) is -4.83. The van der Waals surface area contributed by atoms with Crippen LogP contribution < -0.4 is 0 Å². The number of aryl methyl sites for hydroxylation is 4. The molecule has 10 aromatic rings. The molecule has 0 spiro atoms. The van der Waals surface area contributed by atoms with Crippen LogP contribution in [0, 0.1) is 45.6 Å². The summed E-state index contributed by atoms with van der Waals surface area (Å²) in [6, 6.07) is 50.2. The molecule has 0 aliphatic carbocycles. The van der Waals surface area contributed by atoms with E-state index in [2.05, 4.69) is 111 Å². The summed E-state index contributed by atoms with van der Waals surface area (Å²) in [5.41, 5.74) is 11.2. The molecule has 8 aromatic carbocycles. The van der Waals surface area contributed by atoms with Crippen molar-refractivity contribution >= 4 is 49.3 Å². The van der Waals surface area contributed by atoms with Crippen LogP contribution >= 0.6 is 0 Å². The molecule has 7 heteroatoms. The molecule has 62 heavy (non-hydrogen) atoms. The van der Waals surface area contributed by atoms with E-state index in [1.54, 1.807) is 12.1 Å². The van der Waals surface area contributed by atoms with Gasteiger partial charge in [0.1, 0.15) is 0 Å². The molecular formula is C55H37F3N4. The SMILES string of the molecule is [C-]#[N+]c1cccc(C(F)(F)F)c1-c1c(-n2c3ccccc3c3ccc(-c4ccc(C)cc4C)cc32)cc(C#N)cc1-n1c2ccccc2c2ccc(-c3ccc(C)cc3C)cc21. The van der Waals surface area contributed by atoms with E-state index in [9.17, 15) is 5.26 Å². The van der Waals surface area contributed by atoms with Gasteiger partial charge in [-0.25, -0.2) is 4.85 Å². The van der Waals surface area contributed by atoms with Crippen LogP contribution in [-0.4, -0.2) is 9.13 Å². The second kappa shape index (κ2) is 14.4. The summed E-state index contributed by atoms with van der Waals surface area (Å²) in [6.45, 7) is 16.6. The number of hydrogen-bond acceptors (Lipinski definition) is 1. The van der Waals surface area contributed by atoms with E-state index < -0.39 is 11.7 Å². The standard InChI is InChI=1S/C55H37F3N4/c1-32-17-21-39(34(3)25-32)37-19-23-43-41-11-6-8-15-47(41)61(49(43)29-37)51-27-36(31-59)28-52(54(51)53-45(55(56,57)58)13-10-14-46(53)60-5)62-48-16-9-7-12-42(48)44-24-20-38(30-50(44)62)40-22-18-33(2)26-35(40)4/h6-30H,1-4H3. The van der Waals surface area contributed by atoms with Crippen LogP contribution in [0.2, 0.25) is 0 Å². The first-order chi connectivity index (χ1) is 29.9. The maximum atomic E-state index is 15.6. The Kier molecular flexibility index (Phi) is 8.91. The lowest BCUT2D eigenvalue weighted by Crippen LogP contribution is -2.11. The van der Waals surface area contributed by atoms with E-state index in [0.717, 1.165) is 94.2 Å². The lowest BCUT2D eigenvalue weighted by atomic mass is 9.92. The van der Waals surface area contributed by atoms with Gasteiger partial charge in [0, 0.05) is 32.7 Å². The molecule has 2 heterocycles. The van der Waals surface area contributed by atoms with Crippen LogP contribution in [0.15, 0.2) is 152 Å². The van der Waals surface area contributed by atoms with Crippen molar-refractivity contribution in [2.75, 3.05) is 0 Å². The van der Waals surface area contributed by atoms with Crippen molar-refractivity contribution in [2.45, 2.75) is 33.9 Å². The highest BCUT2D eigenvalue weighted by Gasteiger charge is 2.37. The van der Waals surface area contributed by atoms with Crippen molar-refractivity contribution in [3.05, 3.63) is 196 Å². The maximum Gasteiger partial charge on any atom is 0.415 e. The largest absolute Gasteiger partial charge is 0.415 e. The molecule has 0 aliphatic rings. The fourth-order valence-corrected chi connectivity index (χ4v) is 9.49. The molecule has 10 rings (SSSR count). The summed E-state index contributed by atoms with van der Waals surface area (Å²) in [4.78, 5) is 3.77. The number of alkyl halides is 3. The predicted octanol–water partition coefficient (Wildman–Crippen LogP) is 15.6. The highest BCUT2D eigenvalue weighted by atomic mass is 19.4. The smallest absolute Gasteiger partial charge is 0.309 e. The highest BCUT2D eigenvalue weighted by molar-refractivity contribution is 6.13. The highest BCUT2D eigenvalue weighted by Crippen LogP contribution is 2.50. The van der Waals surface area contributed by atoms with Crippen LogP contribution in [0.4, 0.5) is 18.9 Å². The molecule has 0 unspecified atom stereocenters. The minimum absolute atomic E-state index is 0.152. The van der Waals surface area contributed by atoms with Gasteiger partial charge >= 0.3 is 6.18 Å². The average molecular weight is 811 g/mol. The molecule has 0 atom stereocenters. The molecular weight excluding hydrogens is 774 g/mol. The number of fused-ring (bicyclic) bond motifs is 6. The molecule has 0 saturated carbocycles. The predicted molar refractivity (Wildman–Crippen MR) is 246 cm³/mol. The van der Waals surface area contributed by atoms with Gasteiger partial charge in [0.05, 0.1) is 57.2 Å². The number of hydrogen-bond donors (Lipinski definition) is 0. The third-order valence-electron chi connectivity index (χ3n) is 12.2. The fraction of sp³-hybridized carbons (Fsp3) is 0.0909. The molecule has 0 N–H and O–H groups in total. The van der Waals surface area contributed by atoms with E-state index >= 15 is 13.2 Å². The van der Waals surface area contributed by atoms with Gasteiger partial charge in [0.15, 0.2) is 5.69 Å². The van der Waals surface area contributed by atoms with Gasteiger partial charge in [-0.15, -0.1) is 0 Å². The minimum Gasteiger partial charge on any atom is -0.309 e. The van der Waals surface area contributed by atoms with Crippen LogP contribution in [0.1, 0.15) is 33.4 Å². The van der Waals surface area contributed by atoms with Gasteiger partial charge in [-0.05, 0) is 97.5 Å². The third-order valence-corrected chi connectivity index (χ3v) is 12.2. The van der Waals surface area contributed by atoms with Crippen LogP contribution in [-0.2, 0) is 6.18 Å². The number of rotatable bonds is 5. The van der Waals surface area contributed by atoms with Gasteiger partial charge in [0.2, 0.25) is 0 Å².